The van der Waals surface area contributed by atoms with E-state index in [-0.39, 0.29) is 18.6 Å². The van der Waals surface area contributed by atoms with E-state index in [2.05, 4.69) is 0 Å². The van der Waals surface area contributed by atoms with Crippen LogP contribution in [0, 0.1) is 5.92 Å². The van der Waals surface area contributed by atoms with Crippen LogP contribution in [0.3, 0.4) is 0 Å². The van der Waals surface area contributed by atoms with Gasteiger partial charge < -0.3 is 14.3 Å². The summed E-state index contributed by atoms with van der Waals surface area (Å²) in [7, 11) is 0. The lowest BCUT2D eigenvalue weighted by Gasteiger charge is -2.29. The summed E-state index contributed by atoms with van der Waals surface area (Å²) in [6, 6.07) is 1.90. The van der Waals surface area contributed by atoms with Crippen LogP contribution in [0.5, 0.6) is 0 Å². The third-order valence-corrected chi connectivity index (χ3v) is 2.55. The van der Waals surface area contributed by atoms with E-state index < -0.39 is 0 Å². The van der Waals surface area contributed by atoms with E-state index in [9.17, 15) is 0 Å². The molecule has 2 unspecified atom stereocenters. The fourth-order valence-corrected chi connectivity index (χ4v) is 1.84. The standard InChI is InChI=1S/C10H14O3/c11-6-8-2-1-4-13-10(8)9-3-5-12-7-9/h3,5,7-8,10-11H,1-2,4,6H2. The molecule has 1 aliphatic heterocycles. The Morgan fingerprint density at radius 1 is 1.54 bits per heavy atom. The molecule has 3 heteroatoms. The summed E-state index contributed by atoms with van der Waals surface area (Å²) < 4.78 is 10.6. The van der Waals surface area contributed by atoms with Gasteiger partial charge >= 0.3 is 0 Å². The smallest absolute Gasteiger partial charge is 0.0960 e. The number of furan rings is 1. The molecule has 1 fully saturated rings. The molecule has 1 saturated heterocycles. The maximum atomic E-state index is 9.15. The highest BCUT2D eigenvalue weighted by Gasteiger charge is 2.27. The predicted molar refractivity (Wildman–Crippen MR) is 47.2 cm³/mol. The van der Waals surface area contributed by atoms with Crippen LogP contribution in [0.2, 0.25) is 0 Å². The molecule has 0 amide bonds. The van der Waals surface area contributed by atoms with Gasteiger partial charge in [-0.15, -0.1) is 0 Å². The predicted octanol–water partition coefficient (Wildman–Crippen LogP) is 1.74. The summed E-state index contributed by atoms with van der Waals surface area (Å²) in [5.74, 6) is 0.228. The van der Waals surface area contributed by atoms with Crippen molar-refractivity contribution in [3.63, 3.8) is 0 Å². The Morgan fingerprint density at radius 2 is 2.46 bits per heavy atom. The Hall–Kier alpha value is -0.800. The maximum absolute atomic E-state index is 9.15. The van der Waals surface area contributed by atoms with Gasteiger partial charge in [0.2, 0.25) is 0 Å². The zero-order valence-electron chi connectivity index (χ0n) is 7.48. The van der Waals surface area contributed by atoms with Crippen LogP contribution in [0.1, 0.15) is 24.5 Å². The van der Waals surface area contributed by atoms with Crippen molar-refractivity contribution in [2.45, 2.75) is 18.9 Å². The molecule has 0 bridgehead atoms. The zero-order chi connectivity index (χ0) is 9.10. The number of ether oxygens (including phenoxy) is 1. The molecule has 2 rings (SSSR count). The highest BCUT2D eigenvalue weighted by atomic mass is 16.5. The lowest BCUT2D eigenvalue weighted by molar-refractivity contribution is -0.0459. The molecule has 0 spiro atoms. The van der Waals surface area contributed by atoms with Crippen LogP contribution in [0.4, 0.5) is 0 Å². The first-order valence-electron chi connectivity index (χ1n) is 4.66. The van der Waals surface area contributed by atoms with Crippen molar-refractivity contribution in [2.24, 2.45) is 5.92 Å². The van der Waals surface area contributed by atoms with Crippen LogP contribution in [0.25, 0.3) is 0 Å². The third-order valence-electron chi connectivity index (χ3n) is 2.55. The highest BCUT2D eigenvalue weighted by molar-refractivity contribution is 5.11. The van der Waals surface area contributed by atoms with Crippen molar-refractivity contribution in [1.29, 1.82) is 0 Å². The first kappa shape index (κ1) is 8.78. The van der Waals surface area contributed by atoms with E-state index in [0.29, 0.717) is 0 Å². The average molecular weight is 182 g/mol. The van der Waals surface area contributed by atoms with Gasteiger partial charge in [-0.3, -0.25) is 0 Å². The van der Waals surface area contributed by atoms with Crippen LogP contribution in [-0.2, 0) is 4.74 Å². The summed E-state index contributed by atoms with van der Waals surface area (Å²) in [5, 5.41) is 9.15. The SMILES string of the molecule is OCC1CCCOC1c1ccoc1. The molecule has 0 aromatic carbocycles. The Kier molecular flexibility index (Phi) is 2.66. The van der Waals surface area contributed by atoms with Crippen LogP contribution in [0.15, 0.2) is 23.0 Å². The molecule has 72 valence electrons. The topological polar surface area (TPSA) is 42.6 Å². The Balaban J connectivity index is 2.11. The molecule has 1 aromatic heterocycles. The minimum Gasteiger partial charge on any atom is -0.472 e. The minimum atomic E-state index is 0.0255. The summed E-state index contributed by atoms with van der Waals surface area (Å²) in [4.78, 5) is 0. The fourth-order valence-electron chi connectivity index (χ4n) is 1.84. The third kappa shape index (κ3) is 1.76. The van der Waals surface area contributed by atoms with Crippen molar-refractivity contribution in [1.82, 2.24) is 0 Å². The monoisotopic (exact) mass is 182 g/mol. The van der Waals surface area contributed by atoms with Crippen molar-refractivity contribution in [3.05, 3.63) is 24.2 Å². The van der Waals surface area contributed by atoms with Gasteiger partial charge in [-0.1, -0.05) is 0 Å². The lowest BCUT2D eigenvalue weighted by Crippen LogP contribution is -2.24. The molecule has 0 saturated carbocycles. The zero-order valence-corrected chi connectivity index (χ0v) is 7.48. The molecular weight excluding hydrogens is 168 g/mol. The van der Waals surface area contributed by atoms with E-state index in [1.54, 1.807) is 12.5 Å². The van der Waals surface area contributed by atoms with Crippen LogP contribution >= 0.6 is 0 Å². The second-order valence-electron chi connectivity index (χ2n) is 3.43. The Labute approximate surface area is 77.3 Å². The molecule has 1 aliphatic rings. The first-order valence-corrected chi connectivity index (χ1v) is 4.66. The highest BCUT2D eigenvalue weighted by Crippen LogP contribution is 2.33. The van der Waals surface area contributed by atoms with Gasteiger partial charge in [0.05, 0.1) is 18.6 Å². The van der Waals surface area contributed by atoms with Gasteiger partial charge in [0.15, 0.2) is 0 Å². The molecule has 0 aliphatic carbocycles. The van der Waals surface area contributed by atoms with Crippen molar-refractivity contribution >= 4 is 0 Å². The van der Waals surface area contributed by atoms with Gasteiger partial charge in [-0.05, 0) is 18.9 Å². The van der Waals surface area contributed by atoms with Crippen molar-refractivity contribution in [3.8, 4) is 0 Å². The number of aliphatic hydroxyl groups excluding tert-OH is 1. The molecule has 2 atom stereocenters. The summed E-state index contributed by atoms with van der Waals surface area (Å²) in [5.41, 5.74) is 1.04. The van der Waals surface area contributed by atoms with Gasteiger partial charge in [0.1, 0.15) is 0 Å². The molecule has 0 radical (unpaired) electrons. The quantitative estimate of drug-likeness (QED) is 0.757. The molecule has 3 nitrogen and oxygen atoms in total. The minimum absolute atomic E-state index is 0.0255. The van der Waals surface area contributed by atoms with Crippen molar-refractivity contribution in [2.75, 3.05) is 13.2 Å². The number of aliphatic hydroxyl groups is 1. The molecule has 1 N–H and O–H groups in total. The van der Waals surface area contributed by atoms with Gasteiger partial charge in [0, 0.05) is 24.7 Å². The molecular formula is C10H14O3. The molecule has 2 heterocycles. The number of hydrogen-bond acceptors (Lipinski definition) is 3. The van der Waals surface area contributed by atoms with E-state index >= 15 is 0 Å². The summed E-state index contributed by atoms with van der Waals surface area (Å²) in [6.45, 7) is 0.974. The fraction of sp³-hybridized carbons (Fsp3) is 0.600. The first-order chi connectivity index (χ1) is 6.42. The Morgan fingerprint density at radius 3 is 3.15 bits per heavy atom. The Bertz CT molecular complexity index is 243. The lowest BCUT2D eigenvalue weighted by atomic mass is 9.91. The summed E-state index contributed by atoms with van der Waals surface area (Å²) >= 11 is 0. The van der Waals surface area contributed by atoms with Crippen LogP contribution in [-0.4, -0.2) is 18.3 Å². The van der Waals surface area contributed by atoms with E-state index in [1.807, 2.05) is 6.07 Å². The maximum Gasteiger partial charge on any atom is 0.0960 e. The largest absolute Gasteiger partial charge is 0.472 e. The van der Waals surface area contributed by atoms with Gasteiger partial charge in [-0.25, -0.2) is 0 Å². The average Bonchev–Trinajstić information content (AvgIpc) is 2.70. The van der Waals surface area contributed by atoms with Gasteiger partial charge in [-0.2, -0.15) is 0 Å². The van der Waals surface area contributed by atoms with E-state index in [0.717, 1.165) is 25.0 Å². The van der Waals surface area contributed by atoms with E-state index in [1.165, 1.54) is 0 Å². The molecule has 1 aromatic rings. The van der Waals surface area contributed by atoms with Gasteiger partial charge in [0.25, 0.3) is 0 Å². The summed E-state index contributed by atoms with van der Waals surface area (Å²) in [6.07, 6.45) is 5.43. The second-order valence-corrected chi connectivity index (χ2v) is 3.43. The second kappa shape index (κ2) is 3.94. The van der Waals surface area contributed by atoms with Crippen LogP contribution < -0.4 is 0 Å². The number of hydrogen-bond donors (Lipinski definition) is 1. The van der Waals surface area contributed by atoms with E-state index in [4.69, 9.17) is 14.3 Å². The normalized spacial score (nSPS) is 29.0. The molecule has 13 heavy (non-hydrogen) atoms. The number of rotatable bonds is 2. The van der Waals surface area contributed by atoms with Crippen molar-refractivity contribution < 1.29 is 14.3 Å².